The molecule has 9 heteroatoms. The Balaban J connectivity index is 1.82. The first kappa shape index (κ1) is 23.6. The van der Waals surface area contributed by atoms with Gasteiger partial charge in [0.1, 0.15) is 22.8 Å². The summed E-state index contributed by atoms with van der Waals surface area (Å²) in [6.07, 6.45) is 0. The average molecular weight is 469 g/mol. The van der Waals surface area contributed by atoms with Crippen LogP contribution in [-0.2, 0) is 19.1 Å². The van der Waals surface area contributed by atoms with Gasteiger partial charge in [0, 0.05) is 17.7 Å². The number of hydrogen-bond donors (Lipinski definition) is 1. The molecule has 2 amide bonds. The monoisotopic (exact) mass is 468 g/mol. The first-order valence-corrected chi connectivity index (χ1v) is 11.0. The van der Waals surface area contributed by atoms with E-state index >= 15 is 0 Å². The summed E-state index contributed by atoms with van der Waals surface area (Å²) in [7, 11) is 4.59. The number of nitrogens with one attached hydrogen (secondary N) is 1. The molecule has 9 nitrogen and oxygen atoms in total. The highest BCUT2D eigenvalue weighted by atomic mass is 16.5. The number of carbonyl (C=O) groups is 3. The van der Waals surface area contributed by atoms with Crippen LogP contribution in [0.3, 0.4) is 0 Å². The maximum Gasteiger partial charge on any atom is 0.326 e. The van der Waals surface area contributed by atoms with E-state index in [-0.39, 0.29) is 6.61 Å². The first-order chi connectivity index (χ1) is 16.3. The number of ether oxygens (including phenoxy) is 4. The summed E-state index contributed by atoms with van der Waals surface area (Å²) in [6, 6.07) is 11.2. The van der Waals surface area contributed by atoms with Gasteiger partial charge in [-0.1, -0.05) is 6.07 Å². The third-order valence-electron chi connectivity index (χ3n) is 6.59. The van der Waals surface area contributed by atoms with Crippen molar-refractivity contribution in [3.63, 3.8) is 0 Å². The van der Waals surface area contributed by atoms with Crippen molar-refractivity contribution in [2.45, 2.75) is 25.4 Å². The molecule has 4 atom stereocenters. The molecule has 0 spiro atoms. The second kappa shape index (κ2) is 8.98. The minimum Gasteiger partial charge on any atom is -0.497 e. The molecule has 0 unspecified atom stereocenters. The standard InChI is InChI=1S/C25H28N2O7/c1-6-34-24(30)25(2)20-19(21(26-25)17-12-11-16(32-4)13-18(17)33-5)22(28)27(23(20)29)14-7-9-15(31-3)10-8-14/h7-13,19-21,26H,6H2,1-5H3/t19-,20-,21-,25+/m0/s1. The molecule has 0 aliphatic carbocycles. The number of nitrogens with zero attached hydrogens (tertiary/aromatic N) is 1. The van der Waals surface area contributed by atoms with E-state index in [1.807, 2.05) is 0 Å². The van der Waals surface area contributed by atoms with Crippen LogP contribution in [0.1, 0.15) is 25.5 Å². The number of amides is 2. The van der Waals surface area contributed by atoms with Gasteiger partial charge in [0.05, 0.1) is 45.5 Å². The Labute approximate surface area is 197 Å². The number of hydrogen-bond acceptors (Lipinski definition) is 8. The molecule has 1 N–H and O–H groups in total. The van der Waals surface area contributed by atoms with Crippen LogP contribution in [0.25, 0.3) is 0 Å². The minimum atomic E-state index is -1.41. The van der Waals surface area contributed by atoms with Crippen molar-refractivity contribution in [2.75, 3.05) is 32.8 Å². The van der Waals surface area contributed by atoms with Crippen LogP contribution in [0.5, 0.6) is 17.2 Å². The van der Waals surface area contributed by atoms with Crippen LogP contribution in [0.15, 0.2) is 42.5 Å². The zero-order chi connectivity index (χ0) is 24.6. The van der Waals surface area contributed by atoms with E-state index in [1.165, 1.54) is 14.2 Å². The van der Waals surface area contributed by atoms with E-state index in [0.717, 1.165) is 4.90 Å². The van der Waals surface area contributed by atoms with Crippen LogP contribution < -0.4 is 24.4 Å². The van der Waals surface area contributed by atoms with Crippen molar-refractivity contribution in [3.8, 4) is 17.2 Å². The number of fused-ring (bicyclic) bond motifs is 1. The fourth-order valence-corrected chi connectivity index (χ4v) is 4.94. The van der Waals surface area contributed by atoms with Crippen molar-refractivity contribution in [1.29, 1.82) is 0 Å². The number of imide groups is 1. The van der Waals surface area contributed by atoms with Crippen LogP contribution in [0.2, 0.25) is 0 Å². The molecule has 2 aromatic carbocycles. The lowest BCUT2D eigenvalue weighted by Crippen LogP contribution is -2.54. The summed E-state index contributed by atoms with van der Waals surface area (Å²) < 4.78 is 21.4. The predicted molar refractivity (Wildman–Crippen MR) is 123 cm³/mol. The van der Waals surface area contributed by atoms with Gasteiger partial charge in [0.25, 0.3) is 0 Å². The molecule has 2 aliphatic rings. The molecule has 0 radical (unpaired) electrons. The van der Waals surface area contributed by atoms with E-state index in [0.29, 0.717) is 28.5 Å². The normalized spacial score (nSPS) is 25.8. The summed E-state index contributed by atoms with van der Waals surface area (Å²) in [6.45, 7) is 3.46. The molecular weight excluding hydrogens is 440 g/mol. The molecule has 2 heterocycles. The van der Waals surface area contributed by atoms with Crippen molar-refractivity contribution >= 4 is 23.5 Å². The maximum atomic E-state index is 13.7. The van der Waals surface area contributed by atoms with Gasteiger partial charge in [0.15, 0.2) is 0 Å². The van der Waals surface area contributed by atoms with Gasteiger partial charge in [-0.05, 0) is 44.2 Å². The third kappa shape index (κ3) is 3.56. The van der Waals surface area contributed by atoms with E-state index in [1.54, 1.807) is 63.4 Å². The van der Waals surface area contributed by atoms with Gasteiger partial charge in [-0.3, -0.25) is 19.7 Å². The molecule has 2 aliphatic heterocycles. The molecule has 2 saturated heterocycles. The van der Waals surface area contributed by atoms with E-state index in [4.69, 9.17) is 18.9 Å². The Hall–Kier alpha value is -3.59. The second-order valence-electron chi connectivity index (χ2n) is 8.37. The predicted octanol–water partition coefficient (Wildman–Crippen LogP) is 2.48. The lowest BCUT2D eigenvalue weighted by Gasteiger charge is -2.29. The highest BCUT2D eigenvalue weighted by molar-refractivity contribution is 6.24. The number of benzene rings is 2. The van der Waals surface area contributed by atoms with Crippen LogP contribution in [0, 0.1) is 11.8 Å². The van der Waals surface area contributed by atoms with Crippen molar-refractivity contribution in [3.05, 3.63) is 48.0 Å². The Kier molecular flexibility index (Phi) is 6.22. The second-order valence-corrected chi connectivity index (χ2v) is 8.37. The number of methoxy groups -OCH3 is 3. The van der Waals surface area contributed by atoms with Crippen molar-refractivity contribution in [1.82, 2.24) is 5.32 Å². The quantitative estimate of drug-likeness (QED) is 0.488. The van der Waals surface area contributed by atoms with E-state index in [9.17, 15) is 14.4 Å². The maximum absolute atomic E-state index is 13.7. The summed E-state index contributed by atoms with van der Waals surface area (Å²) in [5.74, 6) is -1.59. The number of carbonyl (C=O) groups excluding carboxylic acids is 3. The van der Waals surface area contributed by atoms with Crippen LogP contribution >= 0.6 is 0 Å². The van der Waals surface area contributed by atoms with Crippen LogP contribution in [0.4, 0.5) is 5.69 Å². The topological polar surface area (TPSA) is 103 Å². The van der Waals surface area contributed by atoms with E-state index < -0.39 is 41.2 Å². The van der Waals surface area contributed by atoms with Crippen molar-refractivity contribution < 1.29 is 33.3 Å². The Morgan fingerprint density at radius 3 is 2.21 bits per heavy atom. The molecule has 2 fully saturated rings. The number of esters is 1. The van der Waals surface area contributed by atoms with Crippen molar-refractivity contribution in [2.24, 2.45) is 11.8 Å². The smallest absolute Gasteiger partial charge is 0.326 e. The largest absolute Gasteiger partial charge is 0.497 e. The first-order valence-electron chi connectivity index (χ1n) is 11.0. The number of rotatable bonds is 7. The molecule has 2 aromatic rings. The molecule has 0 bridgehead atoms. The van der Waals surface area contributed by atoms with Crippen LogP contribution in [-0.4, -0.2) is 51.3 Å². The van der Waals surface area contributed by atoms with Gasteiger partial charge >= 0.3 is 5.97 Å². The fraction of sp³-hybridized carbons (Fsp3) is 0.400. The summed E-state index contributed by atoms with van der Waals surface area (Å²) in [5, 5.41) is 3.25. The van der Waals surface area contributed by atoms with Gasteiger partial charge < -0.3 is 18.9 Å². The average Bonchev–Trinajstić information content (AvgIpc) is 3.32. The lowest BCUT2D eigenvalue weighted by molar-refractivity contribution is -0.153. The highest BCUT2D eigenvalue weighted by Gasteiger charge is 2.67. The third-order valence-corrected chi connectivity index (χ3v) is 6.59. The summed E-state index contributed by atoms with van der Waals surface area (Å²) in [5.41, 5.74) is -0.356. The Morgan fingerprint density at radius 1 is 0.971 bits per heavy atom. The lowest BCUT2D eigenvalue weighted by atomic mass is 9.80. The molecule has 0 saturated carbocycles. The minimum absolute atomic E-state index is 0.147. The fourth-order valence-electron chi connectivity index (χ4n) is 4.94. The molecule has 180 valence electrons. The Bertz CT molecular complexity index is 1120. The molecule has 0 aromatic heterocycles. The van der Waals surface area contributed by atoms with Gasteiger partial charge in [-0.25, -0.2) is 4.90 Å². The SMILES string of the molecule is CCOC(=O)[C@]1(C)N[C@@H](c2ccc(OC)cc2OC)[C@H]2C(=O)N(c3ccc(OC)cc3)C(=O)[C@H]21. The Morgan fingerprint density at radius 2 is 1.62 bits per heavy atom. The highest BCUT2D eigenvalue weighted by Crippen LogP contribution is 2.51. The summed E-state index contributed by atoms with van der Waals surface area (Å²) >= 11 is 0. The molecular formula is C25H28N2O7. The molecule has 34 heavy (non-hydrogen) atoms. The summed E-state index contributed by atoms with van der Waals surface area (Å²) in [4.78, 5) is 41.7. The van der Waals surface area contributed by atoms with Gasteiger partial charge in [-0.2, -0.15) is 0 Å². The van der Waals surface area contributed by atoms with Gasteiger partial charge in [0.2, 0.25) is 11.8 Å². The zero-order valence-corrected chi connectivity index (χ0v) is 19.8. The van der Waals surface area contributed by atoms with E-state index in [2.05, 4.69) is 5.32 Å². The molecule has 4 rings (SSSR count). The van der Waals surface area contributed by atoms with Gasteiger partial charge in [-0.15, -0.1) is 0 Å². The zero-order valence-electron chi connectivity index (χ0n) is 19.8. The number of anilines is 1.